The molecule has 90 valence electrons. The molecular formula is C13H26O2. The lowest BCUT2D eigenvalue weighted by molar-refractivity contribution is 0.00728. The second-order valence-corrected chi connectivity index (χ2v) is 4.92. The van der Waals surface area contributed by atoms with Gasteiger partial charge in [0.05, 0.1) is 12.2 Å². The van der Waals surface area contributed by atoms with Crippen LogP contribution in [0.15, 0.2) is 0 Å². The third-order valence-corrected chi connectivity index (χ3v) is 3.43. The molecule has 1 aliphatic carbocycles. The molecule has 2 nitrogen and oxygen atoms in total. The number of hydrogen-bond acceptors (Lipinski definition) is 2. The summed E-state index contributed by atoms with van der Waals surface area (Å²) in [7, 11) is 0. The van der Waals surface area contributed by atoms with Crippen molar-refractivity contribution in [2.24, 2.45) is 5.92 Å². The molecule has 0 aromatic heterocycles. The molecule has 0 heterocycles. The molecular weight excluding hydrogens is 188 g/mol. The van der Waals surface area contributed by atoms with Gasteiger partial charge in [-0.3, -0.25) is 0 Å². The van der Waals surface area contributed by atoms with Crippen molar-refractivity contribution in [1.82, 2.24) is 0 Å². The summed E-state index contributed by atoms with van der Waals surface area (Å²) in [6, 6.07) is 0. The van der Waals surface area contributed by atoms with Crippen molar-refractivity contribution in [3.05, 3.63) is 0 Å². The molecule has 0 aromatic carbocycles. The minimum Gasteiger partial charge on any atom is -0.393 e. The second kappa shape index (κ2) is 7.24. The van der Waals surface area contributed by atoms with Crippen molar-refractivity contribution in [2.75, 3.05) is 6.61 Å². The molecule has 0 radical (unpaired) electrons. The third-order valence-electron chi connectivity index (χ3n) is 3.43. The summed E-state index contributed by atoms with van der Waals surface area (Å²) in [5.74, 6) is 0.889. The smallest absolute Gasteiger partial charge is 0.0577 e. The first-order valence-electron chi connectivity index (χ1n) is 6.52. The van der Waals surface area contributed by atoms with Gasteiger partial charge in [-0.15, -0.1) is 0 Å². The van der Waals surface area contributed by atoms with E-state index in [4.69, 9.17) is 9.84 Å². The van der Waals surface area contributed by atoms with Gasteiger partial charge in [0.15, 0.2) is 0 Å². The molecule has 1 rings (SSSR count). The van der Waals surface area contributed by atoms with E-state index < -0.39 is 0 Å². The molecule has 1 N–H and O–H groups in total. The molecule has 0 saturated heterocycles. The van der Waals surface area contributed by atoms with Crippen LogP contribution in [0.2, 0.25) is 0 Å². The normalized spacial score (nSPS) is 29.0. The molecule has 0 aliphatic heterocycles. The van der Waals surface area contributed by atoms with Gasteiger partial charge in [-0.2, -0.15) is 0 Å². The van der Waals surface area contributed by atoms with Crippen LogP contribution in [0.25, 0.3) is 0 Å². The number of aliphatic hydroxyl groups is 1. The van der Waals surface area contributed by atoms with E-state index in [9.17, 15) is 0 Å². The zero-order valence-corrected chi connectivity index (χ0v) is 10.2. The second-order valence-electron chi connectivity index (χ2n) is 4.92. The number of ether oxygens (including phenoxy) is 1. The Kier molecular flexibility index (Phi) is 6.26. The number of rotatable bonds is 6. The summed E-state index contributed by atoms with van der Waals surface area (Å²) >= 11 is 0. The minimum atomic E-state index is -0.177. The van der Waals surface area contributed by atoms with Crippen molar-refractivity contribution in [3.63, 3.8) is 0 Å². The average Bonchev–Trinajstić information content (AvgIpc) is 2.24. The number of hydrogen-bond donors (Lipinski definition) is 1. The lowest BCUT2D eigenvalue weighted by atomic mass is 9.85. The molecule has 3 unspecified atom stereocenters. The van der Waals surface area contributed by atoms with Gasteiger partial charge in [0.2, 0.25) is 0 Å². The Morgan fingerprint density at radius 1 is 1.40 bits per heavy atom. The third kappa shape index (κ3) is 5.53. The first kappa shape index (κ1) is 13.0. The van der Waals surface area contributed by atoms with E-state index in [1.165, 1.54) is 32.1 Å². The standard InChI is InChI=1S/C13H26O2/c1-3-12-7-4-8-13(10-12)15-9-5-6-11(2)14/h11-14H,3-10H2,1-2H3. The highest BCUT2D eigenvalue weighted by atomic mass is 16.5. The van der Waals surface area contributed by atoms with Crippen molar-refractivity contribution < 1.29 is 9.84 Å². The Balaban J connectivity index is 2.05. The topological polar surface area (TPSA) is 29.5 Å². The maximum absolute atomic E-state index is 9.11. The van der Waals surface area contributed by atoms with Gasteiger partial charge in [-0.05, 0) is 38.5 Å². The summed E-state index contributed by atoms with van der Waals surface area (Å²) in [4.78, 5) is 0. The van der Waals surface area contributed by atoms with Crippen LogP contribution in [-0.4, -0.2) is 23.9 Å². The van der Waals surface area contributed by atoms with Gasteiger partial charge in [0.25, 0.3) is 0 Å². The first-order chi connectivity index (χ1) is 7.22. The van der Waals surface area contributed by atoms with Gasteiger partial charge in [0, 0.05) is 6.61 Å². The highest BCUT2D eigenvalue weighted by molar-refractivity contribution is 4.72. The Hall–Kier alpha value is -0.0800. The van der Waals surface area contributed by atoms with E-state index in [-0.39, 0.29) is 6.10 Å². The molecule has 0 aromatic rings. The van der Waals surface area contributed by atoms with E-state index in [1.54, 1.807) is 0 Å². The summed E-state index contributed by atoms with van der Waals surface area (Å²) in [6.07, 6.45) is 8.70. The van der Waals surface area contributed by atoms with E-state index in [2.05, 4.69) is 6.92 Å². The Labute approximate surface area is 94.0 Å². The van der Waals surface area contributed by atoms with Crippen LogP contribution in [0.4, 0.5) is 0 Å². The Morgan fingerprint density at radius 2 is 2.20 bits per heavy atom. The van der Waals surface area contributed by atoms with Crippen molar-refractivity contribution in [2.45, 2.75) is 71.0 Å². The lowest BCUT2D eigenvalue weighted by Crippen LogP contribution is -2.23. The average molecular weight is 214 g/mol. The predicted octanol–water partition coefficient (Wildman–Crippen LogP) is 3.13. The maximum atomic E-state index is 9.11. The molecule has 2 heteroatoms. The van der Waals surface area contributed by atoms with Gasteiger partial charge < -0.3 is 9.84 Å². The fraction of sp³-hybridized carbons (Fsp3) is 1.00. The largest absolute Gasteiger partial charge is 0.393 e. The van der Waals surface area contributed by atoms with Gasteiger partial charge in [0.1, 0.15) is 0 Å². The molecule has 0 spiro atoms. The highest BCUT2D eigenvalue weighted by Gasteiger charge is 2.20. The fourth-order valence-corrected chi connectivity index (χ4v) is 2.39. The van der Waals surface area contributed by atoms with Crippen molar-refractivity contribution in [3.8, 4) is 0 Å². The van der Waals surface area contributed by atoms with E-state index in [1.807, 2.05) is 6.92 Å². The van der Waals surface area contributed by atoms with Gasteiger partial charge in [-0.1, -0.05) is 26.2 Å². The summed E-state index contributed by atoms with van der Waals surface area (Å²) in [5, 5.41) is 9.11. The number of aliphatic hydroxyl groups excluding tert-OH is 1. The summed E-state index contributed by atoms with van der Waals surface area (Å²) in [6.45, 7) is 4.94. The van der Waals surface area contributed by atoms with Crippen LogP contribution in [0.1, 0.15) is 58.8 Å². The van der Waals surface area contributed by atoms with E-state index in [0.29, 0.717) is 6.10 Å². The minimum absolute atomic E-state index is 0.177. The van der Waals surface area contributed by atoms with Gasteiger partial charge in [-0.25, -0.2) is 0 Å². The van der Waals surface area contributed by atoms with Crippen LogP contribution in [0.3, 0.4) is 0 Å². The maximum Gasteiger partial charge on any atom is 0.0577 e. The molecule has 3 atom stereocenters. The van der Waals surface area contributed by atoms with E-state index in [0.717, 1.165) is 25.4 Å². The first-order valence-corrected chi connectivity index (χ1v) is 6.52. The van der Waals surface area contributed by atoms with Crippen LogP contribution in [0, 0.1) is 5.92 Å². The lowest BCUT2D eigenvalue weighted by Gasteiger charge is -2.28. The molecule has 1 aliphatic rings. The Morgan fingerprint density at radius 3 is 2.87 bits per heavy atom. The molecule has 15 heavy (non-hydrogen) atoms. The van der Waals surface area contributed by atoms with Gasteiger partial charge >= 0.3 is 0 Å². The highest BCUT2D eigenvalue weighted by Crippen LogP contribution is 2.28. The molecule has 1 saturated carbocycles. The van der Waals surface area contributed by atoms with Crippen molar-refractivity contribution in [1.29, 1.82) is 0 Å². The zero-order chi connectivity index (χ0) is 11.1. The predicted molar refractivity (Wildman–Crippen MR) is 62.9 cm³/mol. The quantitative estimate of drug-likeness (QED) is 0.688. The van der Waals surface area contributed by atoms with Crippen LogP contribution < -0.4 is 0 Å². The summed E-state index contributed by atoms with van der Waals surface area (Å²) < 4.78 is 5.85. The molecule has 1 fully saturated rings. The SMILES string of the molecule is CCC1CCCC(OCCCC(C)O)C1. The Bertz CT molecular complexity index is 157. The molecule has 0 bridgehead atoms. The monoisotopic (exact) mass is 214 g/mol. The van der Waals surface area contributed by atoms with Crippen molar-refractivity contribution >= 4 is 0 Å². The van der Waals surface area contributed by atoms with Crippen LogP contribution in [0.5, 0.6) is 0 Å². The van der Waals surface area contributed by atoms with E-state index >= 15 is 0 Å². The van der Waals surface area contributed by atoms with Crippen LogP contribution >= 0.6 is 0 Å². The summed E-state index contributed by atoms with van der Waals surface area (Å²) in [5.41, 5.74) is 0. The zero-order valence-electron chi connectivity index (χ0n) is 10.2. The van der Waals surface area contributed by atoms with Crippen LogP contribution in [-0.2, 0) is 4.74 Å². The fourth-order valence-electron chi connectivity index (χ4n) is 2.39. The molecule has 0 amide bonds.